The zero-order chi connectivity index (χ0) is 15.4. The molecule has 1 aliphatic rings. The molecule has 0 saturated carbocycles. The normalized spacial score (nSPS) is 17.8. The monoisotopic (exact) mass is 316 g/mol. The Morgan fingerprint density at radius 2 is 2.32 bits per heavy atom. The number of amides is 1. The number of rotatable bonds is 5. The van der Waals surface area contributed by atoms with E-state index < -0.39 is 0 Å². The fraction of sp³-hybridized carbons (Fsp3) is 0.412. The molecular weight excluding hydrogens is 296 g/mol. The van der Waals surface area contributed by atoms with Gasteiger partial charge in [-0.2, -0.15) is 0 Å². The molecule has 1 aliphatic heterocycles. The summed E-state index contributed by atoms with van der Waals surface area (Å²) in [7, 11) is 0. The lowest BCUT2D eigenvalue weighted by atomic mass is 10.2. The van der Waals surface area contributed by atoms with Crippen LogP contribution in [0.1, 0.15) is 18.5 Å². The van der Waals surface area contributed by atoms with Gasteiger partial charge in [-0.3, -0.25) is 9.78 Å². The van der Waals surface area contributed by atoms with E-state index in [1.165, 1.54) is 11.8 Å². The number of pyridine rings is 1. The number of fused-ring (bicyclic) bond motifs is 1. The van der Waals surface area contributed by atoms with Crippen LogP contribution in [0.3, 0.4) is 0 Å². The van der Waals surface area contributed by atoms with Gasteiger partial charge in [-0.1, -0.05) is 18.2 Å². The number of thioether (sulfide) groups is 1. The van der Waals surface area contributed by atoms with Gasteiger partial charge in [0.25, 0.3) is 0 Å². The van der Waals surface area contributed by atoms with E-state index >= 15 is 0 Å². The molecule has 0 aliphatic carbocycles. The van der Waals surface area contributed by atoms with Crippen molar-refractivity contribution in [2.24, 2.45) is 0 Å². The molecule has 2 heterocycles. The van der Waals surface area contributed by atoms with Crippen LogP contribution in [-0.2, 0) is 9.53 Å². The van der Waals surface area contributed by atoms with Crippen LogP contribution in [-0.4, -0.2) is 35.9 Å². The second kappa shape index (κ2) is 7.11. The zero-order valence-corrected chi connectivity index (χ0v) is 13.5. The number of aromatic nitrogens is 1. The van der Waals surface area contributed by atoms with Crippen molar-refractivity contribution in [1.29, 1.82) is 0 Å². The number of carbonyl (C=O) groups excluding carboxylic acids is 1. The second-order valence-electron chi connectivity index (χ2n) is 5.51. The van der Waals surface area contributed by atoms with Crippen LogP contribution < -0.4 is 5.32 Å². The van der Waals surface area contributed by atoms with E-state index in [-0.39, 0.29) is 12.0 Å². The fourth-order valence-corrected chi connectivity index (χ4v) is 3.42. The predicted octanol–water partition coefficient (Wildman–Crippen LogP) is 2.93. The molecule has 1 aromatic carbocycles. The number of nitrogens with one attached hydrogen (secondary N) is 1. The minimum atomic E-state index is 0.0464. The lowest BCUT2D eigenvalue weighted by molar-refractivity contribution is -0.119. The summed E-state index contributed by atoms with van der Waals surface area (Å²) in [5.41, 5.74) is 1.96. The average Bonchev–Trinajstić information content (AvgIpc) is 3.04. The van der Waals surface area contributed by atoms with Gasteiger partial charge in [0.15, 0.2) is 0 Å². The van der Waals surface area contributed by atoms with Crippen LogP contribution >= 0.6 is 11.8 Å². The van der Waals surface area contributed by atoms with Crippen molar-refractivity contribution < 1.29 is 9.53 Å². The number of hydrogen-bond acceptors (Lipinski definition) is 4. The van der Waals surface area contributed by atoms with Crippen molar-refractivity contribution >= 4 is 28.6 Å². The standard InChI is InChI=1S/C17H20N2O2S/c1-12-7-8-13-4-2-6-15(17(13)19-12)22-11-16(20)18-10-14-5-3-9-21-14/h2,4,6-8,14H,3,5,9-11H2,1H3,(H,18,20)/t14-/m0/s1. The smallest absolute Gasteiger partial charge is 0.230 e. The molecule has 116 valence electrons. The third kappa shape index (κ3) is 3.78. The Balaban J connectivity index is 1.58. The maximum Gasteiger partial charge on any atom is 0.230 e. The predicted molar refractivity (Wildman–Crippen MR) is 89.2 cm³/mol. The molecule has 0 spiro atoms. The molecule has 1 fully saturated rings. The number of carbonyl (C=O) groups is 1. The highest BCUT2D eigenvalue weighted by molar-refractivity contribution is 8.00. The molecule has 1 atom stereocenters. The second-order valence-corrected chi connectivity index (χ2v) is 6.53. The fourth-order valence-electron chi connectivity index (χ4n) is 2.56. The molecule has 0 bridgehead atoms. The third-order valence-electron chi connectivity index (χ3n) is 3.73. The Morgan fingerprint density at radius 3 is 3.14 bits per heavy atom. The van der Waals surface area contributed by atoms with E-state index in [0.29, 0.717) is 12.3 Å². The Labute approximate surface area is 134 Å². The Kier molecular flexibility index (Phi) is 4.95. The third-order valence-corrected chi connectivity index (χ3v) is 4.78. The van der Waals surface area contributed by atoms with E-state index in [2.05, 4.69) is 16.4 Å². The molecule has 22 heavy (non-hydrogen) atoms. The summed E-state index contributed by atoms with van der Waals surface area (Å²) in [6.07, 6.45) is 2.33. The number of aryl methyl sites for hydroxylation is 1. The van der Waals surface area contributed by atoms with Crippen molar-refractivity contribution in [3.05, 3.63) is 36.0 Å². The van der Waals surface area contributed by atoms with Crippen LogP contribution in [0.2, 0.25) is 0 Å². The van der Waals surface area contributed by atoms with Gasteiger partial charge >= 0.3 is 0 Å². The molecule has 1 amide bonds. The highest BCUT2D eigenvalue weighted by Crippen LogP contribution is 2.26. The van der Waals surface area contributed by atoms with Gasteiger partial charge in [0.1, 0.15) is 0 Å². The first-order chi connectivity index (χ1) is 10.7. The Hall–Kier alpha value is -1.59. The van der Waals surface area contributed by atoms with Gasteiger partial charge in [0.05, 0.1) is 17.4 Å². The van der Waals surface area contributed by atoms with E-state index in [1.807, 2.05) is 31.2 Å². The molecule has 0 radical (unpaired) electrons. The van der Waals surface area contributed by atoms with E-state index in [9.17, 15) is 4.79 Å². The summed E-state index contributed by atoms with van der Waals surface area (Å²) in [5.74, 6) is 0.451. The molecule has 4 nitrogen and oxygen atoms in total. The SMILES string of the molecule is Cc1ccc2cccc(SCC(=O)NC[C@@H]3CCCO3)c2n1. The van der Waals surface area contributed by atoms with E-state index in [0.717, 1.165) is 40.9 Å². The minimum Gasteiger partial charge on any atom is -0.376 e. The lowest BCUT2D eigenvalue weighted by Crippen LogP contribution is -2.32. The number of hydrogen-bond donors (Lipinski definition) is 1. The van der Waals surface area contributed by atoms with Crippen molar-refractivity contribution in [3.8, 4) is 0 Å². The quantitative estimate of drug-likeness (QED) is 0.862. The maximum atomic E-state index is 12.0. The molecule has 1 aromatic heterocycles. The summed E-state index contributed by atoms with van der Waals surface area (Å²) in [5, 5.41) is 4.06. The molecule has 3 rings (SSSR count). The zero-order valence-electron chi connectivity index (χ0n) is 12.7. The lowest BCUT2D eigenvalue weighted by Gasteiger charge is -2.11. The summed E-state index contributed by atoms with van der Waals surface area (Å²) in [6.45, 7) is 3.41. The number of benzene rings is 1. The summed E-state index contributed by atoms with van der Waals surface area (Å²) < 4.78 is 5.51. The van der Waals surface area contributed by atoms with Crippen LogP contribution in [0.25, 0.3) is 10.9 Å². The first kappa shape index (κ1) is 15.3. The minimum absolute atomic E-state index is 0.0464. The Morgan fingerprint density at radius 1 is 1.41 bits per heavy atom. The maximum absolute atomic E-state index is 12.0. The molecule has 2 aromatic rings. The van der Waals surface area contributed by atoms with Gasteiger partial charge in [0, 0.05) is 29.1 Å². The number of para-hydroxylation sites is 1. The Bertz CT molecular complexity index is 669. The van der Waals surface area contributed by atoms with Gasteiger partial charge < -0.3 is 10.1 Å². The van der Waals surface area contributed by atoms with Gasteiger partial charge in [-0.15, -0.1) is 11.8 Å². The highest BCUT2D eigenvalue weighted by Gasteiger charge is 2.16. The van der Waals surface area contributed by atoms with Crippen LogP contribution in [0.4, 0.5) is 0 Å². The largest absolute Gasteiger partial charge is 0.376 e. The molecule has 5 heteroatoms. The van der Waals surface area contributed by atoms with Crippen molar-refractivity contribution in [1.82, 2.24) is 10.3 Å². The van der Waals surface area contributed by atoms with Gasteiger partial charge in [-0.05, 0) is 31.9 Å². The average molecular weight is 316 g/mol. The van der Waals surface area contributed by atoms with E-state index in [4.69, 9.17) is 4.74 Å². The van der Waals surface area contributed by atoms with Gasteiger partial charge in [0.2, 0.25) is 5.91 Å². The first-order valence-corrected chi connectivity index (χ1v) is 8.58. The van der Waals surface area contributed by atoms with Crippen LogP contribution in [0, 0.1) is 6.92 Å². The topological polar surface area (TPSA) is 51.2 Å². The molecular formula is C17H20N2O2S. The highest BCUT2D eigenvalue weighted by atomic mass is 32.2. The summed E-state index contributed by atoms with van der Waals surface area (Å²) in [6, 6.07) is 10.1. The van der Waals surface area contributed by atoms with Crippen molar-refractivity contribution in [2.45, 2.75) is 30.8 Å². The van der Waals surface area contributed by atoms with Crippen molar-refractivity contribution in [2.75, 3.05) is 18.9 Å². The summed E-state index contributed by atoms with van der Waals surface area (Å²) >= 11 is 1.53. The molecule has 0 unspecified atom stereocenters. The van der Waals surface area contributed by atoms with Crippen LogP contribution in [0.15, 0.2) is 35.2 Å². The van der Waals surface area contributed by atoms with Gasteiger partial charge in [-0.25, -0.2) is 0 Å². The first-order valence-electron chi connectivity index (χ1n) is 7.60. The van der Waals surface area contributed by atoms with E-state index in [1.54, 1.807) is 0 Å². The molecule has 1 saturated heterocycles. The number of nitrogens with zero attached hydrogens (tertiary/aromatic N) is 1. The number of ether oxygens (including phenoxy) is 1. The van der Waals surface area contributed by atoms with Crippen LogP contribution in [0.5, 0.6) is 0 Å². The van der Waals surface area contributed by atoms with Crippen molar-refractivity contribution in [3.63, 3.8) is 0 Å². The summed E-state index contributed by atoms with van der Waals surface area (Å²) in [4.78, 5) is 17.6. The molecule has 1 N–H and O–H groups in total.